The summed E-state index contributed by atoms with van der Waals surface area (Å²) < 4.78 is 28.2. The first-order chi connectivity index (χ1) is 14.4. The zero-order valence-electron chi connectivity index (χ0n) is 16.0. The maximum Gasteiger partial charge on any atom is 0.267 e. The number of alkyl halides is 1. The lowest BCUT2D eigenvalue weighted by molar-refractivity contribution is -0.123. The van der Waals surface area contributed by atoms with Crippen LogP contribution in [0.25, 0.3) is 11.3 Å². The van der Waals surface area contributed by atoms with E-state index >= 15 is 0 Å². The third-order valence-corrected chi connectivity index (χ3v) is 4.24. The number of aromatic nitrogens is 2. The van der Waals surface area contributed by atoms with Crippen LogP contribution in [0.4, 0.5) is 14.5 Å². The second kappa shape index (κ2) is 9.60. The summed E-state index contributed by atoms with van der Waals surface area (Å²) >= 11 is 5.62. The molecule has 0 saturated carbocycles. The fraction of sp³-hybridized carbons (Fsp3) is 0.190. The number of hydrogen-bond donors (Lipinski definition) is 0. The van der Waals surface area contributed by atoms with Gasteiger partial charge in [-0.05, 0) is 35.9 Å². The molecule has 0 aliphatic heterocycles. The van der Waals surface area contributed by atoms with Crippen molar-refractivity contribution in [2.75, 3.05) is 17.6 Å². The molecule has 0 atom stereocenters. The molecule has 3 rings (SSSR count). The molecule has 1 heterocycles. The van der Waals surface area contributed by atoms with Gasteiger partial charge in [0, 0.05) is 30.5 Å². The smallest absolute Gasteiger partial charge is 0.267 e. The van der Waals surface area contributed by atoms with Crippen LogP contribution in [0.15, 0.2) is 59.4 Å². The summed E-state index contributed by atoms with van der Waals surface area (Å²) in [7, 11) is 0. The van der Waals surface area contributed by atoms with Gasteiger partial charge < -0.3 is 0 Å². The van der Waals surface area contributed by atoms with E-state index in [0.717, 1.165) is 23.3 Å². The van der Waals surface area contributed by atoms with Crippen molar-refractivity contribution in [3.8, 4) is 11.3 Å². The van der Waals surface area contributed by atoms with E-state index in [0.29, 0.717) is 11.3 Å². The molecule has 1 amide bonds. The van der Waals surface area contributed by atoms with Gasteiger partial charge in [-0.25, -0.2) is 13.5 Å². The summed E-state index contributed by atoms with van der Waals surface area (Å²) in [6.07, 6.45) is 0. The first kappa shape index (κ1) is 21.6. The number of halogens is 3. The number of hydrogen-bond acceptors (Lipinski definition) is 4. The molecule has 0 aliphatic rings. The van der Waals surface area contributed by atoms with Crippen LogP contribution < -0.4 is 10.6 Å². The van der Waals surface area contributed by atoms with Crippen molar-refractivity contribution in [2.24, 2.45) is 0 Å². The second-order valence-corrected chi connectivity index (χ2v) is 6.76. The molecule has 0 bridgehead atoms. The van der Waals surface area contributed by atoms with Crippen LogP contribution in [0.2, 0.25) is 0 Å². The van der Waals surface area contributed by atoms with Crippen molar-refractivity contribution >= 4 is 23.2 Å². The summed E-state index contributed by atoms with van der Waals surface area (Å²) in [6, 6.07) is 12.5. The molecular formula is C21H18ClF2N3O3. The maximum absolute atomic E-state index is 13.5. The monoisotopic (exact) mass is 433 g/mol. The highest BCUT2D eigenvalue weighted by Crippen LogP contribution is 2.20. The molecular weight excluding hydrogens is 416 g/mol. The Kier molecular flexibility index (Phi) is 6.91. The number of hydroxylamine groups is 1. The van der Waals surface area contributed by atoms with Gasteiger partial charge in [-0.3, -0.25) is 14.4 Å². The minimum atomic E-state index is -0.737. The highest BCUT2D eigenvalue weighted by molar-refractivity contribution is 6.18. The zero-order valence-corrected chi connectivity index (χ0v) is 16.8. The van der Waals surface area contributed by atoms with E-state index in [9.17, 15) is 18.4 Å². The van der Waals surface area contributed by atoms with E-state index in [-0.39, 0.29) is 41.8 Å². The van der Waals surface area contributed by atoms with E-state index < -0.39 is 11.6 Å². The molecule has 9 heteroatoms. The van der Waals surface area contributed by atoms with Crippen molar-refractivity contribution in [2.45, 2.75) is 13.5 Å². The first-order valence-electron chi connectivity index (χ1n) is 9.00. The molecule has 156 valence electrons. The molecule has 3 aromatic rings. The molecule has 0 radical (unpaired) electrons. The normalized spacial score (nSPS) is 10.8. The molecule has 1 aromatic heterocycles. The molecule has 6 nitrogen and oxygen atoms in total. The van der Waals surface area contributed by atoms with Crippen LogP contribution >= 0.6 is 11.6 Å². The van der Waals surface area contributed by atoms with E-state index in [1.165, 1.54) is 23.7 Å². The van der Waals surface area contributed by atoms with Crippen LogP contribution in [0.1, 0.15) is 12.5 Å². The van der Waals surface area contributed by atoms with E-state index in [1.807, 2.05) is 0 Å². The average Bonchev–Trinajstić information content (AvgIpc) is 2.69. The Morgan fingerprint density at radius 3 is 2.53 bits per heavy atom. The second-order valence-electron chi connectivity index (χ2n) is 6.38. The van der Waals surface area contributed by atoms with Gasteiger partial charge in [-0.2, -0.15) is 10.2 Å². The fourth-order valence-corrected chi connectivity index (χ4v) is 2.91. The number of benzene rings is 2. The number of carbonyl (C=O) groups excluding carboxylic acids is 1. The number of carbonyl (C=O) groups is 1. The van der Waals surface area contributed by atoms with E-state index in [2.05, 4.69) is 5.10 Å². The summed E-state index contributed by atoms with van der Waals surface area (Å²) in [5, 5.41) is 5.34. The van der Waals surface area contributed by atoms with Crippen LogP contribution in [-0.4, -0.2) is 28.2 Å². The molecule has 0 N–H and O–H groups in total. The van der Waals surface area contributed by atoms with Gasteiger partial charge in [0.05, 0.1) is 24.5 Å². The zero-order chi connectivity index (χ0) is 21.7. The van der Waals surface area contributed by atoms with Gasteiger partial charge in [0.1, 0.15) is 11.6 Å². The van der Waals surface area contributed by atoms with Crippen LogP contribution in [-0.2, 0) is 16.2 Å². The third-order valence-electron chi connectivity index (χ3n) is 4.09. The molecule has 0 fully saturated rings. The number of amides is 1. The van der Waals surface area contributed by atoms with Crippen molar-refractivity contribution in [1.29, 1.82) is 0 Å². The van der Waals surface area contributed by atoms with E-state index in [4.69, 9.17) is 16.4 Å². The molecule has 0 unspecified atom stereocenters. The van der Waals surface area contributed by atoms with Gasteiger partial charge in [-0.15, -0.1) is 11.6 Å². The van der Waals surface area contributed by atoms with Crippen LogP contribution in [0, 0.1) is 11.6 Å². The van der Waals surface area contributed by atoms with Gasteiger partial charge >= 0.3 is 0 Å². The lowest BCUT2D eigenvalue weighted by Crippen LogP contribution is -2.29. The van der Waals surface area contributed by atoms with Crippen LogP contribution in [0.5, 0.6) is 0 Å². The standard InChI is InChI=1S/C21H18ClF2N3O3/c1-14(28)27(30-8-7-22)19-4-2-3-15(9-19)13-26-21(29)6-5-20(25-26)16-10-17(23)12-18(24)11-16/h2-6,9-12H,7-8,13H2,1H3. The molecule has 30 heavy (non-hydrogen) atoms. The Hall–Kier alpha value is -3.10. The Morgan fingerprint density at radius 1 is 1.13 bits per heavy atom. The van der Waals surface area contributed by atoms with Gasteiger partial charge in [0.2, 0.25) is 5.91 Å². The molecule has 2 aromatic carbocycles. The Morgan fingerprint density at radius 2 is 1.87 bits per heavy atom. The Balaban J connectivity index is 1.91. The third kappa shape index (κ3) is 5.28. The number of nitrogens with zero attached hydrogens (tertiary/aromatic N) is 3. The first-order valence-corrected chi connectivity index (χ1v) is 9.54. The van der Waals surface area contributed by atoms with Gasteiger partial charge in [0.15, 0.2) is 0 Å². The Bertz CT molecular complexity index is 1100. The summed E-state index contributed by atoms with van der Waals surface area (Å²) in [4.78, 5) is 29.5. The lowest BCUT2D eigenvalue weighted by Gasteiger charge is -2.20. The van der Waals surface area contributed by atoms with Crippen molar-refractivity contribution in [3.05, 3.63) is 82.1 Å². The molecule has 0 saturated heterocycles. The van der Waals surface area contributed by atoms with Crippen molar-refractivity contribution in [3.63, 3.8) is 0 Å². The fourth-order valence-electron chi connectivity index (χ4n) is 2.84. The van der Waals surface area contributed by atoms with Gasteiger partial charge in [0.25, 0.3) is 5.56 Å². The minimum Gasteiger partial charge on any atom is -0.273 e. The summed E-state index contributed by atoms with van der Waals surface area (Å²) in [5.41, 5.74) is 1.22. The predicted molar refractivity (Wildman–Crippen MR) is 109 cm³/mol. The number of anilines is 1. The lowest BCUT2D eigenvalue weighted by atomic mass is 10.1. The molecule has 0 aliphatic carbocycles. The average molecular weight is 434 g/mol. The summed E-state index contributed by atoms with van der Waals surface area (Å²) in [6.45, 7) is 1.59. The summed E-state index contributed by atoms with van der Waals surface area (Å²) in [5.74, 6) is -1.59. The molecule has 0 spiro atoms. The highest BCUT2D eigenvalue weighted by atomic mass is 35.5. The van der Waals surface area contributed by atoms with Gasteiger partial charge in [-0.1, -0.05) is 12.1 Å². The predicted octanol–water partition coefficient (Wildman–Crippen LogP) is 3.76. The van der Waals surface area contributed by atoms with Crippen molar-refractivity contribution < 1.29 is 18.4 Å². The van der Waals surface area contributed by atoms with E-state index in [1.54, 1.807) is 24.3 Å². The largest absolute Gasteiger partial charge is 0.273 e. The Labute approximate surface area is 176 Å². The highest BCUT2D eigenvalue weighted by Gasteiger charge is 2.13. The number of rotatable bonds is 7. The maximum atomic E-state index is 13.5. The minimum absolute atomic E-state index is 0.0829. The quantitative estimate of drug-likeness (QED) is 0.420. The van der Waals surface area contributed by atoms with Crippen molar-refractivity contribution in [1.82, 2.24) is 9.78 Å². The SMILES string of the molecule is CC(=O)N(OCCCl)c1cccc(Cn2nc(-c3cc(F)cc(F)c3)ccc2=O)c1. The topological polar surface area (TPSA) is 64.4 Å². The van der Waals surface area contributed by atoms with Crippen LogP contribution in [0.3, 0.4) is 0 Å².